The third kappa shape index (κ3) is 5.17. The number of anilines is 1. The molecule has 4 rings (SSSR count). The van der Waals surface area contributed by atoms with Crippen LogP contribution in [0, 0.1) is 11.8 Å². The minimum absolute atomic E-state index is 0.0475. The van der Waals surface area contributed by atoms with Crippen LogP contribution in [-0.2, 0) is 35.1 Å². The molecule has 1 unspecified atom stereocenters. The molecule has 1 fully saturated rings. The second-order valence-corrected chi connectivity index (χ2v) is 11.7. The van der Waals surface area contributed by atoms with Gasteiger partial charge in [-0.1, -0.05) is 13.3 Å². The zero-order valence-corrected chi connectivity index (χ0v) is 25.6. The van der Waals surface area contributed by atoms with Crippen molar-refractivity contribution < 1.29 is 43.7 Å². The highest BCUT2D eigenvalue weighted by Gasteiger charge is 2.67. The quantitative estimate of drug-likeness (QED) is 0.229. The normalized spacial score (nSPS) is 24.7. The first kappa shape index (κ1) is 31.7. The van der Waals surface area contributed by atoms with Gasteiger partial charge in [-0.05, 0) is 57.0 Å². The third-order valence-corrected chi connectivity index (χ3v) is 8.34. The number of carbonyl (C=O) groups excluding carboxylic acids is 5. The molecule has 0 bridgehead atoms. The van der Waals surface area contributed by atoms with Crippen molar-refractivity contribution in [2.24, 2.45) is 11.8 Å². The Labute approximate surface area is 250 Å². The Kier molecular flexibility index (Phi) is 8.73. The van der Waals surface area contributed by atoms with E-state index in [1.807, 2.05) is 37.3 Å². The number of Topliss-reactive ketones (excluding diaryl/α,β-unsaturated/α-hetero) is 2. The van der Waals surface area contributed by atoms with Gasteiger partial charge in [0.25, 0.3) is 5.91 Å². The van der Waals surface area contributed by atoms with E-state index in [2.05, 4.69) is 0 Å². The van der Waals surface area contributed by atoms with E-state index in [1.165, 1.54) is 4.90 Å². The van der Waals surface area contributed by atoms with Crippen LogP contribution in [0.4, 0.5) is 5.69 Å². The number of esters is 1. The first-order valence-corrected chi connectivity index (χ1v) is 14.3. The number of likely N-dealkylation sites (N-methyl/N-ethyl adjacent to an activating group) is 1. The summed E-state index contributed by atoms with van der Waals surface area (Å²) in [5.41, 5.74) is -1.56. The number of fused-ring (bicyclic) bond motifs is 3. The van der Waals surface area contributed by atoms with E-state index in [0.29, 0.717) is 24.3 Å². The Hall–Kier alpha value is -4.19. The van der Waals surface area contributed by atoms with Crippen LogP contribution in [0.3, 0.4) is 0 Å². The Morgan fingerprint density at radius 3 is 2.33 bits per heavy atom. The summed E-state index contributed by atoms with van der Waals surface area (Å²) in [5.74, 6) is -7.53. The number of aliphatic hydroxyl groups excluding tert-OH is 2. The van der Waals surface area contributed by atoms with E-state index in [9.17, 15) is 34.2 Å². The summed E-state index contributed by atoms with van der Waals surface area (Å²) in [5, 5.41) is 25.4. The molecule has 12 heteroatoms. The number of imide groups is 1. The van der Waals surface area contributed by atoms with Crippen LogP contribution in [0.2, 0.25) is 0 Å². The molecular weight excluding hydrogens is 558 g/mol. The molecule has 3 N–H and O–H groups in total. The van der Waals surface area contributed by atoms with Gasteiger partial charge in [-0.15, -0.1) is 0 Å². The molecule has 43 heavy (non-hydrogen) atoms. The number of nitrogens with zero attached hydrogens (tertiary/aromatic N) is 2. The number of aliphatic hydroxyl groups is 2. The summed E-state index contributed by atoms with van der Waals surface area (Å²) in [6.45, 7) is 4.50. The fourth-order valence-electron chi connectivity index (χ4n) is 6.66. The van der Waals surface area contributed by atoms with Crippen LogP contribution < -0.4 is 15.0 Å². The molecule has 0 spiro atoms. The van der Waals surface area contributed by atoms with E-state index in [1.54, 1.807) is 20.2 Å². The number of hydrogen-bond donors (Lipinski definition) is 3. The number of hydrogen-bond acceptors (Lipinski definition) is 11. The molecule has 1 aromatic rings. The van der Waals surface area contributed by atoms with Gasteiger partial charge < -0.3 is 24.6 Å². The molecule has 3 aliphatic carbocycles. The lowest BCUT2D eigenvalue weighted by molar-refractivity contribution is -0.179. The largest absolute Gasteiger partial charge is 0.507 e. The Bertz CT molecular complexity index is 1460. The molecule has 0 heterocycles. The van der Waals surface area contributed by atoms with Crippen molar-refractivity contribution in [1.82, 2.24) is 10.2 Å². The van der Waals surface area contributed by atoms with Crippen LogP contribution in [0.25, 0.3) is 5.76 Å². The lowest BCUT2D eigenvalue weighted by atomic mass is 9.57. The zero-order chi connectivity index (χ0) is 32.0. The van der Waals surface area contributed by atoms with Gasteiger partial charge in [-0.2, -0.15) is 0 Å². The average Bonchev–Trinajstić information content (AvgIpc) is 2.89. The minimum Gasteiger partial charge on any atom is -0.507 e. The number of carbonyl (C=O) groups is 5. The van der Waals surface area contributed by atoms with Crippen molar-refractivity contribution in [3.05, 3.63) is 40.2 Å². The van der Waals surface area contributed by atoms with Gasteiger partial charge in [-0.25, -0.2) is 0 Å². The van der Waals surface area contributed by atoms with Crippen molar-refractivity contribution in [3.63, 3.8) is 0 Å². The standard InChI is InChI=1S/C31H39N3O9/c1-8-9-12-42-21-11-10-20(33(4)5)18-13-17-14-19-25(34(6)7)27(38)24(30(41)32-15(2)35)29(40)31(19,43-16(3)36)28(39)22(17)26(37)23(18)21/h10-11,17,19,25,37,40H,8-9,12-14H2,1-7H3,(H,32,35,41)/t17-,19-,25?,31-/m0/s1. The molecule has 0 saturated heterocycles. The number of benzene rings is 1. The SMILES string of the molecule is CCCCOc1ccc(N(C)C)c2c1C(O)=C1C(=O)[C@]3(OC(C)=O)C(O)=C(C(=O)NC(C)=O)C(=O)C(N(C)C)[C@@H]3C[C@@H]1C2. The Balaban J connectivity index is 2.03. The summed E-state index contributed by atoms with van der Waals surface area (Å²) in [6.07, 6.45) is 1.99. The highest BCUT2D eigenvalue weighted by atomic mass is 16.6. The first-order valence-electron chi connectivity index (χ1n) is 14.3. The van der Waals surface area contributed by atoms with Gasteiger partial charge in [-0.3, -0.25) is 34.2 Å². The smallest absolute Gasteiger partial charge is 0.304 e. The van der Waals surface area contributed by atoms with Crippen molar-refractivity contribution in [1.29, 1.82) is 0 Å². The summed E-state index contributed by atoms with van der Waals surface area (Å²) in [6, 6.07) is 2.42. The summed E-state index contributed by atoms with van der Waals surface area (Å²) in [4.78, 5) is 69.1. The fourth-order valence-corrected chi connectivity index (χ4v) is 6.66. The number of nitrogens with one attached hydrogen (secondary N) is 1. The lowest BCUT2D eigenvalue weighted by Gasteiger charge is -2.51. The van der Waals surface area contributed by atoms with Crippen LogP contribution in [0.1, 0.15) is 51.2 Å². The van der Waals surface area contributed by atoms with Gasteiger partial charge in [0.15, 0.2) is 11.5 Å². The van der Waals surface area contributed by atoms with Crippen LogP contribution in [-0.4, -0.2) is 90.9 Å². The van der Waals surface area contributed by atoms with Crippen LogP contribution in [0.5, 0.6) is 5.75 Å². The van der Waals surface area contributed by atoms with Crippen molar-refractivity contribution in [3.8, 4) is 5.75 Å². The van der Waals surface area contributed by atoms with Crippen LogP contribution >= 0.6 is 0 Å². The topological polar surface area (TPSA) is 163 Å². The van der Waals surface area contributed by atoms with Crippen molar-refractivity contribution in [2.45, 2.75) is 58.1 Å². The molecule has 4 atom stereocenters. The molecule has 1 aromatic carbocycles. The van der Waals surface area contributed by atoms with E-state index >= 15 is 0 Å². The predicted molar refractivity (Wildman–Crippen MR) is 156 cm³/mol. The number of unbranched alkanes of at least 4 members (excludes halogenated alkanes) is 1. The maximum absolute atomic E-state index is 14.7. The predicted octanol–water partition coefficient (Wildman–Crippen LogP) is 2.25. The van der Waals surface area contributed by atoms with Gasteiger partial charge in [0.05, 0.1) is 18.2 Å². The number of rotatable bonds is 8. The Morgan fingerprint density at radius 2 is 1.77 bits per heavy atom. The summed E-state index contributed by atoms with van der Waals surface area (Å²) in [7, 11) is 6.86. The maximum atomic E-state index is 14.7. The van der Waals surface area contributed by atoms with E-state index in [0.717, 1.165) is 37.9 Å². The number of ether oxygens (including phenoxy) is 2. The molecule has 0 aromatic heterocycles. The first-order chi connectivity index (χ1) is 20.2. The summed E-state index contributed by atoms with van der Waals surface area (Å²) >= 11 is 0. The average molecular weight is 598 g/mol. The van der Waals surface area contributed by atoms with Gasteiger partial charge >= 0.3 is 5.97 Å². The zero-order valence-electron chi connectivity index (χ0n) is 25.6. The van der Waals surface area contributed by atoms with Gasteiger partial charge in [0.1, 0.15) is 17.1 Å². The molecule has 232 valence electrons. The molecule has 3 aliphatic rings. The minimum atomic E-state index is -2.50. The monoisotopic (exact) mass is 597 g/mol. The van der Waals surface area contributed by atoms with Crippen molar-refractivity contribution in [2.75, 3.05) is 39.7 Å². The van der Waals surface area contributed by atoms with E-state index in [-0.39, 0.29) is 17.8 Å². The second kappa shape index (κ2) is 11.8. The molecule has 2 amide bonds. The van der Waals surface area contributed by atoms with E-state index < -0.39 is 64.2 Å². The van der Waals surface area contributed by atoms with Gasteiger partial charge in [0, 0.05) is 45.1 Å². The fraction of sp³-hybridized carbons (Fsp3) is 0.516. The Morgan fingerprint density at radius 1 is 1.09 bits per heavy atom. The second-order valence-electron chi connectivity index (χ2n) is 11.7. The van der Waals surface area contributed by atoms with E-state index in [4.69, 9.17) is 9.47 Å². The highest BCUT2D eigenvalue weighted by molar-refractivity contribution is 6.27. The molecule has 12 nitrogen and oxygen atoms in total. The highest BCUT2D eigenvalue weighted by Crippen LogP contribution is 2.55. The number of amides is 2. The molecule has 0 aliphatic heterocycles. The molecular formula is C31H39N3O9. The number of ketones is 2. The summed E-state index contributed by atoms with van der Waals surface area (Å²) < 4.78 is 11.7. The van der Waals surface area contributed by atoms with Gasteiger partial charge in [0.2, 0.25) is 17.3 Å². The third-order valence-electron chi connectivity index (χ3n) is 8.34. The molecule has 0 radical (unpaired) electrons. The van der Waals surface area contributed by atoms with Crippen molar-refractivity contribution >= 4 is 40.8 Å². The van der Waals surface area contributed by atoms with Crippen LogP contribution in [0.15, 0.2) is 29.0 Å². The maximum Gasteiger partial charge on any atom is 0.304 e. The molecule has 1 saturated carbocycles. The lowest BCUT2D eigenvalue weighted by Crippen LogP contribution is -2.67.